The number of hydrogen-bond donors (Lipinski definition) is 4. The normalized spacial score (nSPS) is 26.3. The molecule has 4 fully saturated rings. The maximum atomic E-state index is 14.4. The number of nitrogens with two attached hydrogens (primary N) is 1. The lowest BCUT2D eigenvalue weighted by Gasteiger charge is -2.39. The molecule has 1 saturated heterocycles. The van der Waals surface area contributed by atoms with Gasteiger partial charge in [-0.25, -0.2) is 13.2 Å². The molecule has 0 aromatic heterocycles. The molecule has 0 spiro atoms. The zero-order chi connectivity index (χ0) is 36.0. The molecule has 12 nitrogen and oxygen atoms in total. The summed E-state index contributed by atoms with van der Waals surface area (Å²) in [6, 6.07) is -4.21. The first-order valence-electron chi connectivity index (χ1n) is 17.8. The van der Waals surface area contributed by atoms with E-state index in [4.69, 9.17) is 5.73 Å². The Labute approximate surface area is 286 Å². The van der Waals surface area contributed by atoms with Crippen molar-refractivity contribution in [3.05, 3.63) is 0 Å². The van der Waals surface area contributed by atoms with Crippen LogP contribution < -0.4 is 21.7 Å². The van der Waals surface area contributed by atoms with Crippen molar-refractivity contribution in [3.63, 3.8) is 0 Å². The van der Waals surface area contributed by atoms with E-state index in [0.29, 0.717) is 13.0 Å². The van der Waals surface area contributed by atoms with Gasteiger partial charge in [0.25, 0.3) is 5.91 Å². The number of carbonyl (C=O) groups is 5. The maximum absolute atomic E-state index is 14.4. The van der Waals surface area contributed by atoms with Crippen LogP contribution >= 0.6 is 0 Å². The first-order valence-corrected chi connectivity index (χ1v) is 19.4. The van der Waals surface area contributed by atoms with Crippen LogP contribution in [-0.4, -0.2) is 84.1 Å². The SMILES string of the molecule is CC(C)(C)[C@H](NC(=O)N[C@H](CS(=O)(=O)C(C)(C)C)C1CCCCC1)C(=O)N1C[C@H]2[C@@H]([C@H]1C(=O)NC(CC1CCC1)C(=O)C(N)=O)C2(C)C. The highest BCUT2D eigenvalue weighted by Gasteiger charge is 2.70. The van der Waals surface area contributed by atoms with Crippen LogP contribution in [0.3, 0.4) is 0 Å². The largest absolute Gasteiger partial charge is 0.363 e. The molecule has 1 unspecified atom stereocenters. The molecule has 5 amide bonds. The van der Waals surface area contributed by atoms with Crippen LogP contribution in [0.15, 0.2) is 0 Å². The van der Waals surface area contributed by atoms with Gasteiger partial charge in [-0.15, -0.1) is 0 Å². The van der Waals surface area contributed by atoms with Crippen LogP contribution in [0, 0.1) is 34.5 Å². The second-order valence-electron chi connectivity index (χ2n) is 17.5. The lowest BCUT2D eigenvalue weighted by Crippen LogP contribution is -2.62. The van der Waals surface area contributed by atoms with Crippen molar-refractivity contribution >= 4 is 39.4 Å². The number of sulfone groups is 1. The maximum Gasteiger partial charge on any atom is 0.315 e. The highest BCUT2D eigenvalue weighted by Crippen LogP contribution is 2.65. The Morgan fingerprint density at radius 3 is 1.98 bits per heavy atom. The molecule has 0 aromatic carbocycles. The number of ketones is 1. The van der Waals surface area contributed by atoms with Gasteiger partial charge in [-0.2, -0.15) is 0 Å². The third-order valence-electron chi connectivity index (χ3n) is 11.7. The van der Waals surface area contributed by atoms with Gasteiger partial charge < -0.3 is 26.6 Å². The number of urea groups is 1. The summed E-state index contributed by atoms with van der Waals surface area (Å²) >= 11 is 0. The summed E-state index contributed by atoms with van der Waals surface area (Å²) < 4.78 is 25.5. The van der Waals surface area contributed by atoms with Gasteiger partial charge in [0.1, 0.15) is 12.1 Å². The Morgan fingerprint density at radius 2 is 1.48 bits per heavy atom. The molecule has 272 valence electrons. The number of nitrogens with one attached hydrogen (secondary N) is 3. The standard InChI is InChI=1S/C35H59N5O7S/c1-33(2,3)28(39-32(45)38-24(21-15-10-9-11-16-21)19-48(46,47)34(4,5)6)31(44)40-18-22-25(35(22,7)8)26(40)30(43)37-23(27(41)29(36)42)17-20-13-12-14-20/h20-26,28H,9-19H2,1-8H3,(H2,36,42)(H,37,43)(H2,38,39,45)/t22-,23?,24+,25-,26-,28+/m0/s1. The van der Waals surface area contributed by atoms with Gasteiger partial charge in [-0.1, -0.05) is 73.1 Å². The Hall–Kier alpha value is -2.70. The molecule has 48 heavy (non-hydrogen) atoms. The van der Waals surface area contributed by atoms with Crippen molar-refractivity contribution in [2.24, 2.45) is 40.2 Å². The number of Topliss-reactive ketones (excluding diaryl/α,β-unsaturated/α-hetero) is 1. The van der Waals surface area contributed by atoms with E-state index in [9.17, 15) is 32.4 Å². The predicted octanol–water partition coefficient (Wildman–Crippen LogP) is 3.07. The fraction of sp³-hybridized carbons (Fsp3) is 0.857. The van der Waals surface area contributed by atoms with Crippen molar-refractivity contribution < 1.29 is 32.4 Å². The smallest absolute Gasteiger partial charge is 0.315 e. The zero-order valence-electron chi connectivity index (χ0n) is 30.2. The lowest BCUT2D eigenvalue weighted by molar-refractivity contribution is -0.145. The molecular formula is C35H59N5O7S. The van der Waals surface area contributed by atoms with Gasteiger partial charge in [0.15, 0.2) is 9.84 Å². The Bertz CT molecular complexity index is 1370. The van der Waals surface area contributed by atoms with E-state index in [1.807, 2.05) is 20.8 Å². The third kappa shape index (κ3) is 8.18. The molecule has 3 saturated carbocycles. The minimum atomic E-state index is -3.55. The number of primary amides is 1. The molecule has 5 N–H and O–H groups in total. The number of fused-ring (bicyclic) bond motifs is 1. The zero-order valence-corrected chi connectivity index (χ0v) is 31.0. The summed E-state index contributed by atoms with van der Waals surface area (Å²) in [6.45, 7) is 14.9. The molecule has 0 aromatic rings. The van der Waals surface area contributed by atoms with Crippen LogP contribution in [0.5, 0.6) is 0 Å². The van der Waals surface area contributed by atoms with E-state index >= 15 is 0 Å². The summed E-state index contributed by atoms with van der Waals surface area (Å²) in [5.74, 6) is -2.93. The molecule has 1 heterocycles. The number of hydrogen-bond acceptors (Lipinski definition) is 7. The van der Waals surface area contributed by atoms with Crippen LogP contribution in [0.4, 0.5) is 4.79 Å². The quantitative estimate of drug-likeness (QED) is 0.226. The summed E-state index contributed by atoms with van der Waals surface area (Å²) in [5, 5.41) is 8.61. The number of piperidine rings is 1. The minimum Gasteiger partial charge on any atom is -0.363 e. The average molecular weight is 694 g/mol. The molecule has 4 aliphatic rings. The molecule has 0 radical (unpaired) electrons. The topological polar surface area (TPSA) is 185 Å². The van der Waals surface area contributed by atoms with E-state index in [1.54, 1.807) is 20.8 Å². The molecule has 13 heteroatoms. The van der Waals surface area contributed by atoms with Gasteiger partial charge in [0, 0.05) is 12.6 Å². The van der Waals surface area contributed by atoms with Gasteiger partial charge in [-0.3, -0.25) is 19.2 Å². The van der Waals surface area contributed by atoms with Crippen molar-refractivity contribution in [2.45, 2.75) is 142 Å². The molecule has 0 bridgehead atoms. The number of amides is 5. The van der Waals surface area contributed by atoms with Crippen molar-refractivity contribution in [2.75, 3.05) is 12.3 Å². The van der Waals surface area contributed by atoms with Gasteiger partial charge >= 0.3 is 6.03 Å². The van der Waals surface area contributed by atoms with E-state index in [0.717, 1.165) is 51.4 Å². The Kier molecular flexibility index (Phi) is 11.0. The molecule has 1 aliphatic heterocycles. The second kappa shape index (κ2) is 13.9. The summed E-state index contributed by atoms with van der Waals surface area (Å²) in [4.78, 5) is 68.2. The van der Waals surface area contributed by atoms with E-state index in [1.165, 1.54) is 4.90 Å². The van der Waals surface area contributed by atoms with Crippen LogP contribution in [-0.2, 0) is 29.0 Å². The van der Waals surface area contributed by atoms with E-state index in [2.05, 4.69) is 29.8 Å². The predicted molar refractivity (Wildman–Crippen MR) is 183 cm³/mol. The Balaban J connectivity index is 1.54. The van der Waals surface area contributed by atoms with Crippen molar-refractivity contribution in [3.8, 4) is 0 Å². The molecule has 6 atom stereocenters. The third-order valence-corrected chi connectivity index (χ3v) is 14.3. The summed E-state index contributed by atoms with van der Waals surface area (Å²) in [6.07, 6.45) is 7.81. The van der Waals surface area contributed by atoms with E-state index < -0.39 is 73.7 Å². The van der Waals surface area contributed by atoms with Gasteiger partial charge in [0.05, 0.1) is 16.5 Å². The molecular weight excluding hydrogens is 634 g/mol. The second-order valence-corrected chi connectivity index (χ2v) is 20.3. The minimum absolute atomic E-state index is 0.00223. The highest BCUT2D eigenvalue weighted by molar-refractivity contribution is 7.92. The average Bonchev–Trinajstić information content (AvgIpc) is 3.26. The fourth-order valence-corrected chi connectivity index (χ4v) is 9.34. The highest BCUT2D eigenvalue weighted by atomic mass is 32.2. The fourth-order valence-electron chi connectivity index (χ4n) is 8.01. The number of carbonyl (C=O) groups excluding carboxylic acids is 5. The Morgan fingerprint density at radius 1 is 0.875 bits per heavy atom. The van der Waals surface area contributed by atoms with Gasteiger partial charge in [0.2, 0.25) is 17.6 Å². The monoisotopic (exact) mass is 693 g/mol. The number of likely N-dealkylation sites (tertiary alicyclic amines) is 1. The van der Waals surface area contributed by atoms with Crippen molar-refractivity contribution in [1.29, 1.82) is 0 Å². The number of rotatable bonds is 12. The lowest BCUT2D eigenvalue weighted by atomic mass is 9.80. The first kappa shape index (κ1) is 38.1. The number of nitrogens with zero attached hydrogens (tertiary/aromatic N) is 1. The van der Waals surface area contributed by atoms with Crippen molar-refractivity contribution in [1.82, 2.24) is 20.9 Å². The molecule has 4 rings (SSSR count). The first-order chi connectivity index (χ1) is 22.1. The molecule has 3 aliphatic carbocycles. The van der Waals surface area contributed by atoms with Gasteiger partial charge in [-0.05, 0) is 74.5 Å². The summed E-state index contributed by atoms with van der Waals surface area (Å²) in [7, 11) is -3.55. The van der Waals surface area contributed by atoms with Crippen LogP contribution in [0.2, 0.25) is 0 Å². The van der Waals surface area contributed by atoms with Crippen LogP contribution in [0.25, 0.3) is 0 Å². The summed E-state index contributed by atoms with van der Waals surface area (Å²) in [5.41, 5.74) is 4.38. The van der Waals surface area contributed by atoms with E-state index in [-0.39, 0.29) is 34.8 Å². The van der Waals surface area contributed by atoms with Crippen LogP contribution in [0.1, 0.15) is 113 Å².